The molecule has 1 atom stereocenters. The minimum Gasteiger partial charge on any atom is -0.489 e. The Hall–Kier alpha value is -3.26. The van der Waals surface area contributed by atoms with E-state index in [0.717, 1.165) is 22.0 Å². The van der Waals surface area contributed by atoms with Crippen molar-refractivity contribution in [1.82, 2.24) is 4.37 Å². The number of halogens is 1. The maximum Gasteiger partial charge on any atom is 0.357 e. The van der Waals surface area contributed by atoms with E-state index < -0.39 is 5.97 Å². The summed E-state index contributed by atoms with van der Waals surface area (Å²) < 4.78 is 23.3. The highest BCUT2D eigenvalue weighted by Crippen LogP contribution is 2.41. The summed E-state index contributed by atoms with van der Waals surface area (Å²) >= 11 is 1.08. The number of carboxylic acid groups (broad SMARTS) is 1. The van der Waals surface area contributed by atoms with Crippen LogP contribution in [-0.2, 0) is 11.4 Å². The van der Waals surface area contributed by atoms with Crippen molar-refractivity contribution < 1.29 is 23.8 Å². The number of rotatable bonds is 5. The summed E-state index contributed by atoms with van der Waals surface area (Å²) in [4.78, 5) is 24.1. The minimum absolute atomic E-state index is 0.110. The molecule has 6 nitrogen and oxygen atoms in total. The number of amides is 1. The number of nitrogens with zero attached hydrogens (tertiary/aromatic N) is 1. The molecule has 1 aliphatic rings. The van der Waals surface area contributed by atoms with Crippen LogP contribution in [0.1, 0.15) is 38.8 Å². The van der Waals surface area contributed by atoms with Crippen LogP contribution in [-0.4, -0.2) is 21.4 Å². The number of benzene rings is 2. The number of nitrogens with one attached hydrogen (secondary N) is 1. The number of carbonyl (C=O) groups is 2. The van der Waals surface area contributed by atoms with Gasteiger partial charge in [0.2, 0.25) is 5.91 Å². The summed E-state index contributed by atoms with van der Waals surface area (Å²) in [5.74, 6) is -1.44. The van der Waals surface area contributed by atoms with Crippen LogP contribution in [0.4, 0.5) is 10.1 Å². The molecule has 0 radical (unpaired) electrons. The largest absolute Gasteiger partial charge is 0.489 e. The number of aromatic carboxylic acids is 1. The Bertz CT molecular complexity index is 1050. The molecule has 2 heterocycles. The van der Waals surface area contributed by atoms with E-state index >= 15 is 0 Å². The van der Waals surface area contributed by atoms with Crippen molar-refractivity contribution in [2.45, 2.75) is 18.9 Å². The Labute approximate surface area is 163 Å². The monoisotopic (exact) mass is 398 g/mol. The summed E-state index contributed by atoms with van der Waals surface area (Å²) in [6.45, 7) is 0.110. The molecule has 2 aromatic carbocycles. The predicted molar refractivity (Wildman–Crippen MR) is 101 cm³/mol. The summed E-state index contributed by atoms with van der Waals surface area (Å²) in [7, 11) is 0. The van der Waals surface area contributed by atoms with Gasteiger partial charge in [-0.2, -0.15) is 4.37 Å². The standard InChI is InChI=1S/C20H15FN2O4S/c21-15-4-2-1-3-12(15)10-27-13-7-5-11(6-8-13)14-9-16(24)22-17-18(20(25)26)23-28-19(14)17/h1-8,14H,9-10H2,(H,22,24)(H,25,26). The van der Waals surface area contributed by atoms with E-state index in [0.29, 0.717) is 11.3 Å². The summed E-state index contributed by atoms with van der Waals surface area (Å²) in [6.07, 6.45) is 0.212. The molecule has 0 saturated carbocycles. The van der Waals surface area contributed by atoms with Crippen LogP contribution in [0.5, 0.6) is 5.75 Å². The fraction of sp³-hybridized carbons (Fsp3) is 0.150. The van der Waals surface area contributed by atoms with Crippen LogP contribution in [0.25, 0.3) is 0 Å². The molecule has 8 heteroatoms. The van der Waals surface area contributed by atoms with E-state index in [4.69, 9.17) is 4.74 Å². The number of carboxylic acids is 1. The quantitative estimate of drug-likeness (QED) is 0.677. The van der Waals surface area contributed by atoms with Crippen molar-refractivity contribution >= 4 is 29.1 Å². The normalized spacial score (nSPS) is 15.6. The molecular weight excluding hydrogens is 383 g/mol. The van der Waals surface area contributed by atoms with Gasteiger partial charge in [0.05, 0.1) is 10.6 Å². The van der Waals surface area contributed by atoms with E-state index in [-0.39, 0.29) is 42.1 Å². The second-order valence-corrected chi connectivity index (χ2v) is 7.13. The first-order chi connectivity index (χ1) is 13.5. The molecule has 0 spiro atoms. The van der Waals surface area contributed by atoms with Crippen LogP contribution < -0.4 is 10.1 Å². The number of carbonyl (C=O) groups excluding carboxylic acids is 1. The van der Waals surface area contributed by atoms with Crippen LogP contribution in [0.3, 0.4) is 0 Å². The Morgan fingerprint density at radius 2 is 2.00 bits per heavy atom. The summed E-state index contributed by atoms with van der Waals surface area (Å²) in [5.41, 5.74) is 1.46. The molecule has 0 saturated heterocycles. The van der Waals surface area contributed by atoms with Gasteiger partial charge in [0.15, 0.2) is 5.69 Å². The maximum atomic E-state index is 13.7. The van der Waals surface area contributed by atoms with Crippen molar-refractivity contribution in [3.63, 3.8) is 0 Å². The summed E-state index contributed by atoms with van der Waals surface area (Å²) in [6, 6.07) is 13.6. The van der Waals surface area contributed by atoms with Gasteiger partial charge in [-0.15, -0.1) is 0 Å². The molecule has 28 heavy (non-hydrogen) atoms. The van der Waals surface area contributed by atoms with Crippen LogP contribution in [0, 0.1) is 5.82 Å². The SMILES string of the molecule is O=C1CC(c2ccc(OCc3ccccc3F)cc2)c2snc(C(=O)O)c2N1. The first-order valence-corrected chi connectivity index (χ1v) is 9.29. The minimum atomic E-state index is -1.17. The Kier molecular flexibility index (Phi) is 4.79. The third kappa shape index (κ3) is 3.46. The van der Waals surface area contributed by atoms with Gasteiger partial charge in [-0.3, -0.25) is 4.79 Å². The maximum absolute atomic E-state index is 13.7. The van der Waals surface area contributed by atoms with Crippen LogP contribution >= 0.6 is 11.5 Å². The smallest absolute Gasteiger partial charge is 0.357 e. The van der Waals surface area contributed by atoms with Crippen LogP contribution in [0.15, 0.2) is 48.5 Å². The van der Waals surface area contributed by atoms with E-state index in [1.165, 1.54) is 6.07 Å². The van der Waals surface area contributed by atoms with Gasteiger partial charge < -0.3 is 15.2 Å². The third-order valence-electron chi connectivity index (χ3n) is 4.53. The van der Waals surface area contributed by atoms with Gasteiger partial charge in [0, 0.05) is 17.9 Å². The number of hydrogen-bond acceptors (Lipinski definition) is 5. The number of hydrogen-bond donors (Lipinski definition) is 2. The van der Waals surface area contributed by atoms with E-state index in [1.807, 2.05) is 12.1 Å². The Morgan fingerprint density at radius 1 is 1.25 bits per heavy atom. The number of ether oxygens (including phenoxy) is 1. The lowest BCUT2D eigenvalue weighted by molar-refractivity contribution is -0.116. The third-order valence-corrected chi connectivity index (χ3v) is 5.49. The molecule has 0 aliphatic carbocycles. The first kappa shape index (κ1) is 18.1. The molecular formula is C20H15FN2O4S. The number of anilines is 1. The zero-order valence-corrected chi connectivity index (χ0v) is 15.3. The summed E-state index contributed by atoms with van der Waals surface area (Å²) in [5, 5.41) is 11.8. The van der Waals surface area contributed by atoms with Crippen molar-refractivity contribution in [3.05, 3.63) is 76.0 Å². The van der Waals surface area contributed by atoms with Gasteiger partial charge in [0.1, 0.15) is 18.2 Å². The molecule has 1 aromatic heterocycles. The van der Waals surface area contributed by atoms with Gasteiger partial charge in [-0.25, -0.2) is 9.18 Å². The highest BCUT2D eigenvalue weighted by atomic mass is 32.1. The highest BCUT2D eigenvalue weighted by molar-refractivity contribution is 7.06. The van der Waals surface area contributed by atoms with E-state index in [9.17, 15) is 19.1 Å². The second kappa shape index (κ2) is 7.40. The van der Waals surface area contributed by atoms with Gasteiger partial charge in [-0.1, -0.05) is 30.3 Å². The van der Waals surface area contributed by atoms with Crippen LogP contribution in [0.2, 0.25) is 0 Å². The van der Waals surface area contributed by atoms with Gasteiger partial charge in [0.25, 0.3) is 0 Å². The highest BCUT2D eigenvalue weighted by Gasteiger charge is 2.33. The first-order valence-electron chi connectivity index (χ1n) is 8.52. The average Bonchev–Trinajstić information content (AvgIpc) is 3.11. The second-order valence-electron chi connectivity index (χ2n) is 6.33. The lowest BCUT2D eigenvalue weighted by Crippen LogP contribution is -2.23. The topological polar surface area (TPSA) is 88.5 Å². The zero-order chi connectivity index (χ0) is 19.7. The zero-order valence-electron chi connectivity index (χ0n) is 14.5. The molecule has 142 valence electrons. The predicted octanol–water partition coefficient (Wildman–Crippen LogP) is 4.03. The Morgan fingerprint density at radius 3 is 2.71 bits per heavy atom. The lowest BCUT2D eigenvalue weighted by atomic mass is 9.90. The average molecular weight is 398 g/mol. The molecule has 1 amide bonds. The van der Waals surface area contributed by atoms with Crippen molar-refractivity contribution in [1.29, 1.82) is 0 Å². The van der Waals surface area contributed by atoms with Gasteiger partial charge >= 0.3 is 5.97 Å². The molecule has 1 unspecified atom stereocenters. The molecule has 4 rings (SSSR count). The lowest BCUT2D eigenvalue weighted by Gasteiger charge is -2.22. The number of aromatic nitrogens is 1. The fourth-order valence-electron chi connectivity index (χ4n) is 3.12. The molecule has 0 bridgehead atoms. The molecule has 0 fully saturated rings. The Balaban J connectivity index is 1.54. The molecule has 3 aromatic rings. The molecule has 1 aliphatic heterocycles. The number of fused-ring (bicyclic) bond motifs is 1. The van der Waals surface area contributed by atoms with Crippen molar-refractivity contribution in [3.8, 4) is 5.75 Å². The van der Waals surface area contributed by atoms with Crippen molar-refractivity contribution in [2.24, 2.45) is 0 Å². The van der Waals surface area contributed by atoms with E-state index in [2.05, 4.69) is 9.69 Å². The van der Waals surface area contributed by atoms with Gasteiger partial charge in [-0.05, 0) is 35.3 Å². The molecule has 2 N–H and O–H groups in total. The van der Waals surface area contributed by atoms with Crippen molar-refractivity contribution in [2.75, 3.05) is 5.32 Å². The fourth-order valence-corrected chi connectivity index (χ4v) is 4.06. The van der Waals surface area contributed by atoms with E-state index in [1.54, 1.807) is 30.3 Å².